The fourth-order valence-corrected chi connectivity index (χ4v) is 5.87. The Bertz CT molecular complexity index is 1250. The number of benzene rings is 2. The van der Waals surface area contributed by atoms with Gasteiger partial charge < -0.3 is 0 Å². The molecule has 0 N–H and O–H groups in total. The number of aliphatic imine (C=N–C) groups is 2. The van der Waals surface area contributed by atoms with Gasteiger partial charge in [0.1, 0.15) is 0 Å². The van der Waals surface area contributed by atoms with Crippen LogP contribution in [0.5, 0.6) is 0 Å². The molecule has 3 aromatic rings. The highest BCUT2D eigenvalue weighted by Gasteiger charge is 2.14. The van der Waals surface area contributed by atoms with Gasteiger partial charge in [-0.05, 0) is 126 Å². The smallest absolute Gasteiger partial charge is 0.0852 e. The first-order valence-corrected chi connectivity index (χ1v) is 17.0. The molecule has 3 heteroatoms. The summed E-state index contributed by atoms with van der Waals surface area (Å²) >= 11 is 0. The van der Waals surface area contributed by atoms with Gasteiger partial charge in [-0.25, -0.2) is 4.98 Å². The molecule has 3 nitrogen and oxygen atoms in total. The number of unbranched alkanes of at least 4 members (excludes halogenated alkanes) is 4. The Kier molecular flexibility index (Phi) is 13.8. The summed E-state index contributed by atoms with van der Waals surface area (Å²) in [6.07, 6.45) is 13.7. The van der Waals surface area contributed by atoms with E-state index in [4.69, 9.17) is 15.0 Å². The molecule has 0 amide bonds. The number of pyridine rings is 1. The lowest BCUT2D eigenvalue weighted by molar-refractivity contribution is 0.780. The number of hydrogen-bond acceptors (Lipinski definition) is 3. The first-order chi connectivity index (χ1) is 20.7. The van der Waals surface area contributed by atoms with Crippen LogP contribution in [0.15, 0.2) is 46.4 Å². The van der Waals surface area contributed by atoms with Crippen molar-refractivity contribution >= 4 is 22.8 Å². The number of aryl methyl sites for hydroxylation is 7. The fourth-order valence-electron chi connectivity index (χ4n) is 5.87. The minimum absolute atomic E-state index is 0.939. The second-order valence-electron chi connectivity index (χ2n) is 12.6. The van der Waals surface area contributed by atoms with E-state index in [1.807, 2.05) is 0 Å². The Morgan fingerprint density at radius 1 is 0.488 bits per heavy atom. The lowest BCUT2D eigenvalue weighted by Gasteiger charge is -2.15. The van der Waals surface area contributed by atoms with E-state index in [1.54, 1.807) is 0 Å². The Morgan fingerprint density at radius 3 is 1.05 bits per heavy atom. The van der Waals surface area contributed by atoms with Crippen molar-refractivity contribution in [3.8, 4) is 0 Å². The highest BCUT2D eigenvalue weighted by molar-refractivity contribution is 6.03. The van der Waals surface area contributed by atoms with Crippen LogP contribution in [0, 0.1) is 20.8 Å². The van der Waals surface area contributed by atoms with Gasteiger partial charge in [0.25, 0.3) is 0 Å². The van der Waals surface area contributed by atoms with Crippen molar-refractivity contribution in [1.29, 1.82) is 0 Å². The molecule has 0 aliphatic carbocycles. The average Bonchev–Trinajstić information content (AvgIpc) is 2.98. The van der Waals surface area contributed by atoms with Crippen LogP contribution in [0.25, 0.3) is 0 Å². The number of aromatic nitrogens is 1. The van der Waals surface area contributed by atoms with Gasteiger partial charge in [-0.1, -0.05) is 88.8 Å². The van der Waals surface area contributed by atoms with Crippen LogP contribution >= 0.6 is 0 Å². The Labute approximate surface area is 263 Å². The van der Waals surface area contributed by atoms with Crippen LogP contribution in [0.4, 0.5) is 11.4 Å². The first kappa shape index (κ1) is 34.4. The monoisotopic (exact) mass is 579 g/mol. The van der Waals surface area contributed by atoms with Crippen LogP contribution < -0.4 is 0 Å². The Morgan fingerprint density at radius 2 is 0.767 bits per heavy atom. The molecule has 3 rings (SSSR count). The second-order valence-corrected chi connectivity index (χ2v) is 12.6. The highest BCUT2D eigenvalue weighted by atomic mass is 14.8. The molecule has 0 radical (unpaired) electrons. The zero-order chi connectivity index (χ0) is 31.4. The molecule has 0 spiro atoms. The maximum atomic E-state index is 5.32. The average molecular weight is 580 g/mol. The van der Waals surface area contributed by atoms with Gasteiger partial charge in [0.15, 0.2) is 0 Å². The van der Waals surface area contributed by atoms with Gasteiger partial charge in [0, 0.05) is 0 Å². The van der Waals surface area contributed by atoms with Crippen molar-refractivity contribution in [3.63, 3.8) is 0 Å². The fraction of sp³-hybridized carbons (Fsp3) is 0.525. The molecule has 43 heavy (non-hydrogen) atoms. The van der Waals surface area contributed by atoms with Crippen LogP contribution in [0.3, 0.4) is 0 Å². The molecule has 1 heterocycles. The van der Waals surface area contributed by atoms with Crippen LogP contribution in [0.2, 0.25) is 0 Å². The van der Waals surface area contributed by atoms with Gasteiger partial charge in [0.05, 0.1) is 34.2 Å². The number of nitrogens with zero attached hydrogens (tertiary/aromatic N) is 3. The zero-order valence-electron chi connectivity index (χ0n) is 28.8. The molecule has 0 aliphatic rings. The molecule has 0 saturated heterocycles. The van der Waals surface area contributed by atoms with E-state index in [-0.39, 0.29) is 0 Å². The third-order valence-electron chi connectivity index (χ3n) is 8.29. The summed E-state index contributed by atoms with van der Waals surface area (Å²) in [5.74, 6) is 0. The zero-order valence-corrected chi connectivity index (χ0v) is 28.8. The van der Waals surface area contributed by atoms with E-state index in [2.05, 4.69) is 98.7 Å². The predicted molar refractivity (Wildman–Crippen MR) is 190 cm³/mol. The lowest BCUT2D eigenvalue weighted by atomic mass is 9.96. The quantitative estimate of drug-likeness (QED) is 0.156. The van der Waals surface area contributed by atoms with Crippen molar-refractivity contribution in [3.05, 3.63) is 86.7 Å². The second kappa shape index (κ2) is 17.3. The topological polar surface area (TPSA) is 37.6 Å². The van der Waals surface area contributed by atoms with E-state index >= 15 is 0 Å². The van der Waals surface area contributed by atoms with Gasteiger partial charge >= 0.3 is 0 Å². The highest BCUT2D eigenvalue weighted by Crippen LogP contribution is 2.32. The largest absolute Gasteiger partial charge is 0.251 e. The van der Waals surface area contributed by atoms with Crippen molar-refractivity contribution in [2.75, 3.05) is 0 Å². The van der Waals surface area contributed by atoms with Gasteiger partial charge in [0.2, 0.25) is 0 Å². The van der Waals surface area contributed by atoms with Crippen molar-refractivity contribution in [2.45, 2.75) is 139 Å². The number of hydrogen-bond donors (Lipinski definition) is 0. The third kappa shape index (κ3) is 9.98. The van der Waals surface area contributed by atoms with Gasteiger partial charge in [-0.3, -0.25) is 9.98 Å². The standard InChI is InChI=1S/C40H57N3/c1-10-14-18-33-22-28(5)23-34(19-15-11-2)39(33)41-31(8)37-26-30(7)27-38(43-37)32(9)42-40-35(20-16-12-3)24-29(6)25-36(40)21-17-13-4/h22-27H,10-21H2,1-9H3. The van der Waals surface area contributed by atoms with Crippen LogP contribution in [-0.4, -0.2) is 16.4 Å². The summed E-state index contributed by atoms with van der Waals surface area (Å²) in [6, 6.07) is 13.7. The molecule has 232 valence electrons. The lowest BCUT2D eigenvalue weighted by Crippen LogP contribution is -2.07. The summed E-state index contributed by atoms with van der Waals surface area (Å²) in [7, 11) is 0. The molecule has 0 atom stereocenters. The SMILES string of the molecule is CCCCc1cc(C)cc(CCCC)c1N=C(C)c1cc(C)cc(C(C)=Nc2c(CCCC)cc(C)cc2CCCC)n1. The molecule has 0 unspecified atom stereocenters. The van der Waals surface area contributed by atoms with E-state index < -0.39 is 0 Å². The first-order valence-electron chi connectivity index (χ1n) is 17.0. The molecule has 2 aromatic carbocycles. The minimum Gasteiger partial charge on any atom is -0.251 e. The van der Waals surface area contributed by atoms with E-state index in [0.29, 0.717) is 0 Å². The minimum atomic E-state index is 0.939. The van der Waals surface area contributed by atoms with Crippen LogP contribution in [0.1, 0.15) is 143 Å². The molecule has 0 fully saturated rings. The molecular weight excluding hydrogens is 522 g/mol. The van der Waals surface area contributed by atoms with Gasteiger partial charge in [-0.2, -0.15) is 0 Å². The summed E-state index contributed by atoms with van der Waals surface area (Å²) in [6.45, 7) is 19.9. The van der Waals surface area contributed by atoms with E-state index in [0.717, 1.165) is 48.5 Å². The summed E-state index contributed by atoms with van der Waals surface area (Å²) in [5, 5.41) is 0. The Balaban J connectivity index is 2.10. The van der Waals surface area contributed by atoms with Crippen molar-refractivity contribution in [2.24, 2.45) is 9.98 Å². The van der Waals surface area contributed by atoms with E-state index in [9.17, 15) is 0 Å². The van der Waals surface area contributed by atoms with E-state index in [1.165, 1.54) is 102 Å². The van der Waals surface area contributed by atoms with Crippen LogP contribution in [-0.2, 0) is 25.7 Å². The number of rotatable bonds is 16. The van der Waals surface area contributed by atoms with Gasteiger partial charge in [-0.15, -0.1) is 0 Å². The third-order valence-corrected chi connectivity index (χ3v) is 8.29. The predicted octanol–water partition coefficient (Wildman–Crippen LogP) is 11.7. The normalized spacial score (nSPS) is 12.3. The maximum absolute atomic E-state index is 5.32. The summed E-state index contributed by atoms with van der Waals surface area (Å²) < 4.78 is 0. The Hall–Kier alpha value is -3.07. The molecular formula is C40H57N3. The summed E-state index contributed by atoms with van der Waals surface area (Å²) in [4.78, 5) is 15.8. The van der Waals surface area contributed by atoms with Crippen molar-refractivity contribution < 1.29 is 0 Å². The molecule has 0 bridgehead atoms. The molecule has 0 aliphatic heterocycles. The van der Waals surface area contributed by atoms with Crippen molar-refractivity contribution in [1.82, 2.24) is 4.98 Å². The maximum Gasteiger partial charge on any atom is 0.0852 e. The summed E-state index contributed by atoms with van der Waals surface area (Å²) in [5.41, 5.74) is 15.5. The molecule has 1 aromatic heterocycles. The molecule has 0 saturated carbocycles.